The molecular weight excluding hydrogens is 701 g/mol. The lowest BCUT2D eigenvalue weighted by atomic mass is 10.1. The van der Waals surface area contributed by atoms with Crippen LogP contribution in [0.2, 0.25) is 0 Å². The van der Waals surface area contributed by atoms with Gasteiger partial charge in [-0.1, -0.05) is 179 Å². The molecule has 0 aromatic carbocycles. The van der Waals surface area contributed by atoms with Crippen molar-refractivity contribution in [2.45, 2.75) is 174 Å². The van der Waals surface area contributed by atoms with Crippen molar-refractivity contribution < 1.29 is 42.1 Å². The highest BCUT2D eigenvalue weighted by Crippen LogP contribution is 2.43. The van der Waals surface area contributed by atoms with Gasteiger partial charge in [0, 0.05) is 12.2 Å². The number of quaternary nitrogens is 1. The summed E-state index contributed by atoms with van der Waals surface area (Å²) < 4.78 is 33.8. The smallest absolute Gasteiger partial charge is 0.458 e. The molecule has 0 heterocycles. The van der Waals surface area contributed by atoms with Crippen LogP contribution in [0.3, 0.4) is 0 Å². The molecule has 0 saturated heterocycles. The zero-order chi connectivity index (χ0) is 40.0. The van der Waals surface area contributed by atoms with Gasteiger partial charge in [0.25, 0.3) is 0 Å². The molecule has 0 rings (SSSR count). The van der Waals surface area contributed by atoms with Crippen LogP contribution < -0.4 is 0 Å². The summed E-state index contributed by atoms with van der Waals surface area (Å²) in [5.74, 6) is -1.30. The highest BCUT2D eigenvalue weighted by molar-refractivity contribution is 7.47. The van der Waals surface area contributed by atoms with Crippen LogP contribution in [0.25, 0.3) is 0 Å². The molecule has 0 aliphatic carbocycles. The summed E-state index contributed by atoms with van der Waals surface area (Å²) >= 11 is 0. The fraction of sp³-hybridized carbons (Fsp3) is 0.773. The Morgan fingerprint density at radius 2 is 0.981 bits per heavy atom. The molecule has 10 heteroatoms. The first-order chi connectivity index (χ1) is 26.0. The number of carbonyl (C=O) groups excluding carboxylic acids is 2. The van der Waals surface area contributed by atoms with E-state index >= 15 is 0 Å². The van der Waals surface area contributed by atoms with E-state index in [1.165, 1.54) is 141 Å². The highest BCUT2D eigenvalue weighted by Gasteiger charge is 2.26. The lowest BCUT2D eigenvalue weighted by Gasteiger charge is -2.24. The quantitative estimate of drug-likeness (QED) is 0.0165. The Balaban J connectivity index is 4.59. The Bertz CT molecular complexity index is 1070. The second kappa shape index (κ2) is 36.6. The van der Waals surface area contributed by atoms with Gasteiger partial charge in [0.1, 0.15) is 19.8 Å². The molecule has 0 amide bonds. The van der Waals surface area contributed by atoms with Crippen LogP contribution in [0.15, 0.2) is 48.6 Å². The number of esters is 2. The van der Waals surface area contributed by atoms with E-state index < -0.39 is 32.5 Å². The van der Waals surface area contributed by atoms with Crippen LogP contribution in [-0.2, 0) is 32.7 Å². The van der Waals surface area contributed by atoms with Gasteiger partial charge in [0.05, 0.1) is 27.7 Å². The first-order valence-electron chi connectivity index (χ1n) is 21.4. The van der Waals surface area contributed by atoms with Crippen molar-refractivity contribution in [3.63, 3.8) is 0 Å². The Kier molecular flexibility index (Phi) is 35.2. The first kappa shape index (κ1) is 52.0. The average molecular weight is 783 g/mol. The minimum Gasteiger partial charge on any atom is -0.458 e. The zero-order valence-corrected chi connectivity index (χ0v) is 36.1. The number of ether oxygens (including phenoxy) is 2. The SMILES string of the molecule is CCCCCCCCCCCCCC=CC=CC(=O)OC[C@@H](COP(=O)(O)OCC[N+](C)(C)C)OC(=O)C=CC=CCCCCCCCCCCCCC. The topological polar surface area (TPSA) is 108 Å². The van der Waals surface area contributed by atoms with Gasteiger partial charge in [0.2, 0.25) is 0 Å². The third-order valence-corrected chi connectivity index (χ3v) is 10.0. The monoisotopic (exact) mass is 783 g/mol. The number of nitrogens with zero attached hydrogens (tertiary/aromatic N) is 1. The normalized spacial score (nSPS) is 14.1. The van der Waals surface area contributed by atoms with Crippen molar-refractivity contribution >= 4 is 19.8 Å². The summed E-state index contributed by atoms with van der Waals surface area (Å²) in [7, 11) is 1.38. The van der Waals surface area contributed by atoms with Crippen LogP contribution in [0, 0.1) is 0 Å². The van der Waals surface area contributed by atoms with E-state index in [1.54, 1.807) is 12.2 Å². The zero-order valence-electron chi connectivity index (χ0n) is 35.2. The van der Waals surface area contributed by atoms with E-state index in [9.17, 15) is 19.0 Å². The number of hydrogen-bond donors (Lipinski definition) is 1. The van der Waals surface area contributed by atoms with Gasteiger partial charge in [-0.2, -0.15) is 0 Å². The summed E-state index contributed by atoms with van der Waals surface area (Å²) in [5.41, 5.74) is 0. The molecule has 1 unspecified atom stereocenters. The lowest BCUT2D eigenvalue weighted by molar-refractivity contribution is -0.870. The molecule has 0 aliphatic rings. The van der Waals surface area contributed by atoms with Crippen LogP contribution in [0.1, 0.15) is 168 Å². The molecule has 0 aromatic rings. The van der Waals surface area contributed by atoms with E-state index in [1.807, 2.05) is 45.4 Å². The molecule has 0 bridgehead atoms. The third-order valence-electron chi connectivity index (χ3n) is 9.04. The second-order valence-corrected chi connectivity index (χ2v) is 17.0. The molecule has 2 atom stereocenters. The molecular formula is C44H81NO8P+. The summed E-state index contributed by atoms with van der Waals surface area (Å²) in [4.78, 5) is 35.0. The van der Waals surface area contributed by atoms with Crippen molar-refractivity contribution in [2.75, 3.05) is 47.5 Å². The van der Waals surface area contributed by atoms with Crippen molar-refractivity contribution in [3.05, 3.63) is 48.6 Å². The molecule has 1 N–H and O–H groups in total. The van der Waals surface area contributed by atoms with Crippen LogP contribution in [0.5, 0.6) is 0 Å². The average Bonchev–Trinajstić information content (AvgIpc) is 3.12. The first-order valence-corrected chi connectivity index (χ1v) is 22.9. The van der Waals surface area contributed by atoms with E-state index in [0.717, 1.165) is 25.7 Å². The Morgan fingerprint density at radius 3 is 1.41 bits per heavy atom. The molecule has 0 saturated carbocycles. The van der Waals surface area contributed by atoms with Gasteiger partial charge in [-0.05, 0) is 25.7 Å². The number of likely N-dealkylation sites (N-methyl/N-ethyl adjacent to an activating group) is 1. The van der Waals surface area contributed by atoms with Crippen LogP contribution >= 0.6 is 7.82 Å². The summed E-state index contributed by atoms with van der Waals surface area (Å²) in [6.07, 6.45) is 42.9. The van der Waals surface area contributed by atoms with Gasteiger partial charge < -0.3 is 18.9 Å². The van der Waals surface area contributed by atoms with Crippen molar-refractivity contribution in [2.24, 2.45) is 0 Å². The fourth-order valence-electron chi connectivity index (χ4n) is 5.66. The number of phosphoric ester groups is 1. The summed E-state index contributed by atoms with van der Waals surface area (Å²) in [5, 5.41) is 0. The van der Waals surface area contributed by atoms with E-state index in [2.05, 4.69) is 13.8 Å². The third kappa shape index (κ3) is 39.7. The number of carbonyl (C=O) groups is 2. The minimum atomic E-state index is -4.42. The van der Waals surface area contributed by atoms with Crippen molar-refractivity contribution in [1.29, 1.82) is 0 Å². The molecule has 9 nitrogen and oxygen atoms in total. The Labute approximate surface area is 331 Å². The molecule has 0 aliphatic heterocycles. The Morgan fingerprint density at radius 1 is 0.574 bits per heavy atom. The number of allylic oxidation sites excluding steroid dienone is 6. The summed E-state index contributed by atoms with van der Waals surface area (Å²) in [6, 6.07) is 0. The van der Waals surface area contributed by atoms with Gasteiger partial charge in [-0.3, -0.25) is 9.05 Å². The molecule has 0 fully saturated rings. The van der Waals surface area contributed by atoms with Crippen molar-refractivity contribution in [3.8, 4) is 0 Å². The standard InChI is InChI=1S/C44H80NO8P/c1-6-8-10-12-14-16-18-20-22-24-26-28-30-32-34-36-43(46)50-40-42(41-52-54(48,49)51-39-38-45(3,4)5)53-44(47)37-35-33-31-29-27-25-23-21-19-17-15-13-11-9-7-2/h30-37,42H,6-29,38-41H2,1-5H3/p+1/t42-/m0/s1. The number of unbranched alkanes of at least 4 members (excludes halogenated alkanes) is 22. The van der Waals surface area contributed by atoms with Gasteiger partial charge in [-0.15, -0.1) is 0 Å². The second-order valence-electron chi connectivity index (χ2n) is 15.5. The maximum atomic E-state index is 12.5. The van der Waals surface area contributed by atoms with Gasteiger partial charge in [-0.25, -0.2) is 14.2 Å². The number of rotatable bonds is 38. The van der Waals surface area contributed by atoms with Gasteiger partial charge >= 0.3 is 19.8 Å². The minimum absolute atomic E-state index is 0.00253. The molecule has 54 heavy (non-hydrogen) atoms. The van der Waals surface area contributed by atoms with E-state index in [0.29, 0.717) is 11.0 Å². The largest absolute Gasteiger partial charge is 0.472 e. The maximum Gasteiger partial charge on any atom is 0.472 e. The molecule has 0 radical (unpaired) electrons. The maximum absolute atomic E-state index is 12.5. The number of hydrogen-bond acceptors (Lipinski definition) is 7. The molecule has 0 aromatic heterocycles. The van der Waals surface area contributed by atoms with Crippen molar-refractivity contribution in [1.82, 2.24) is 0 Å². The fourth-order valence-corrected chi connectivity index (χ4v) is 6.40. The predicted molar refractivity (Wildman–Crippen MR) is 224 cm³/mol. The van der Waals surface area contributed by atoms with Crippen LogP contribution in [0.4, 0.5) is 0 Å². The van der Waals surface area contributed by atoms with E-state index in [4.69, 9.17) is 18.5 Å². The van der Waals surface area contributed by atoms with E-state index in [-0.39, 0.29) is 13.2 Å². The van der Waals surface area contributed by atoms with Crippen LogP contribution in [-0.4, -0.2) is 74.9 Å². The van der Waals surface area contributed by atoms with Gasteiger partial charge in [0.15, 0.2) is 6.10 Å². The summed E-state index contributed by atoms with van der Waals surface area (Å²) in [6.45, 7) is 4.16. The highest BCUT2D eigenvalue weighted by atomic mass is 31.2. The molecule has 314 valence electrons. The predicted octanol–water partition coefficient (Wildman–Crippen LogP) is 11.9. The lowest BCUT2D eigenvalue weighted by Crippen LogP contribution is -2.37. The number of phosphoric acid groups is 1. The Hall–Kier alpha value is -2.03. The molecule has 0 spiro atoms.